The second-order valence-corrected chi connectivity index (χ2v) is 6.97. The van der Waals surface area contributed by atoms with Crippen molar-refractivity contribution in [1.29, 1.82) is 0 Å². The maximum Gasteiger partial charge on any atom is 0.322 e. The average molecular weight is 351 g/mol. The molecule has 1 saturated heterocycles. The molecule has 0 spiro atoms. The maximum atomic E-state index is 12.7. The second-order valence-electron chi connectivity index (χ2n) is 6.97. The Morgan fingerprint density at radius 3 is 2.58 bits per heavy atom. The average Bonchev–Trinajstić information content (AvgIpc) is 2.69. The third-order valence-corrected chi connectivity index (χ3v) is 5.25. The van der Waals surface area contributed by atoms with E-state index in [2.05, 4.69) is 40.5 Å². The molecular formula is C21H25N3O2. The summed E-state index contributed by atoms with van der Waals surface area (Å²) in [4.78, 5) is 16.9. The fourth-order valence-electron chi connectivity index (χ4n) is 3.67. The molecule has 1 fully saturated rings. The summed E-state index contributed by atoms with van der Waals surface area (Å²) >= 11 is 0. The molecule has 0 saturated carbocycles. The monoisotopic (exact) mass is 351 g/mol. The lowest BCUT2D eigenvalue weighted by Crippen LogP contribution is -2.39. The zero-order chi connectivity index (χ0) is 17.9. The maximum absolute atomic E-state index is 12.7. The van der Waals surface area contributed by atoms with Crippen molar-refractivity contribution < 1.29 is 9.53 Å². The summed E-state index contributed by atoms with van der Waals surface area (Å²) in [7, 11) is 0. The molecule has 2 aromatic rings. The highest BCUT2D eigenvalue weighted by Crippen LogP contribution is 2.25. The minimum atomic E-state index is -0.0262. The number of rotatable bonds is 2. The van der Waals surface area contributed by atoms with Crippen molar-refractivity contribution in [3.8, 4) is 0 Å². The molecule has 0 unspecified atom stereocenters. The van der Waals surface area contributed by atoms with Gasteiger partial charge in [-0.1, -0.05) is 24.3 Å². The van der Waals surface area contributed by atoms with Gasteiger partial charge in [0.1, 0.15) is 0 Å². The Balaban J connectivity index is 1.43. The van der Waals surface area contributed by atoms with Gasteiger partial charge in [-0.25, -0.2) is 4.79 Å². The van der Waals surface area contributed by atoms with Crippen molar-refractivity contribution in [3.05, 3.63) is 59.2 Å². The molecule has 0 bridgehead atoms. The number of fused-ring (bicyclic) bond motifs is 1. The van der Waals surface area contributed by atoms with Gasteiger partial charge in [0.05, 0.1) is 13.2 Å². The van der Waals surface area contributed by atoms with E-state index >= 15 is 0 Å². The summed E-state index contributed by atoms with van der Waals surface area (Å²) in [5, 5.41) is 3.08. The molecule has 2 aromatic carbocycles. The molecule has 2 heterocycles. The van der Waals surface area contributed by atoms with Gasteiger partial charge in [-0.3, -0.25) is 0 Å². The Labute approximate surface area is 154 Å². The number of hydrogen-bond donors (Lipinski definition) is 1. The first-order valence-corrected chi connectivity index (χ1v) is 9.27. The third-order valence-electron chi connectivity index (χ3n) is 5.25. The number of anilines is 2. The van der Waals surface area contributed by atoms with Gasteiger partial charge in [0.2, 0.25) is 0 Å². The second kappa shape index (κ2) is 7.38. The molecule has 0 atom stereocenters. The molecular weight excluding hydrogens is 326 g/mol. The number of carbonyl (C=O) groups excluding carboxylic acids is 1. The van der Waals surface area contributed by atoms with Gasteiger partial charge < -0.3 is 19.9 Å². The molecule has 4 rings (SSSR count). The molecule has 0 aromatic heterocycles. The standard InChI is InChI=1S/C21H25N3O2/c1-16-14-19(23-10-12-26-13-11-23)6-7-20(16)22-21(25)24-9-8-17-4-2-3-5-18(17)15-24/h2-7,14H,8-13,15H2,1H3,(H,22,25). The van der Waals surface area contributed by atoms with Crippen LogP contribution in [-0.4, -0.2) is 43.8 Å². The molecule has 0 radical (unpaired) electrons. The quantitative estimate of drug-likeness (QED) is 0.902. The largest absolute Gasteiger partial charge is 0.378 e. The molecule has 1 N–H and O–H groups in total. The van der Waals surface area contributed by atoms with Crippen LogP contribution in [0, 0.1) is 6.92 Å². The number of morpholine rings is 1. The zero-order valence-electron chi connectivity index (χ0n) is 15.2. The summed E-state index contributed by atoms with van der Waals surface area (Å²) in [5.41, 5.74) is 5.75. The van der Waals surface area contributed by atoms with E-state index in [0.29, 0.717) is 6.54 Å². The first-order valence-electron chi connectivity index (χ1n) is 9.27. The van der Waals surface area contributed by atoms with Crippen LogP contribution in [0.5, 0.6) is 0 Å². The fraction of sp³-hybridized carbons (Fsp3) is 0.381. The van der Waals surface area contributed by atoms with Crippen LogP contribution in [0.2, 0.25) is 0 Å². The Bertz CT molecular complexity index is 800. The van der Waals surface area contributed by atoms with E-state index in [1.807, 2.05) is 24.0 Å². The van der Waals surface area contributed by atoms with Gasteiger partial charge in [-0.2, -0.15) is 0 Å². The Hall–Kier alpha value is -2.53. The van der Waals surface area contributed by atoms with Crippen molar-refractivity contribution >= 4 is 17.4 Å². The van der Waals surface area contributed by atoms with Gasteiger partial charge in [0, 0.05) is 37.6 Å². The van der Waals surface area contributed by atoms with Crippen LogP contribution in [0.15, 0.2) is 42.5 Å². The highest BCUT2D eigenvalue weighted by molar-refractivity contribution is 5.90. The molecule has 2 aliphatic rings. The lowest BCUT2D eigenvalue weighted by Gasteiger charge is -2.30. The van der Waals surface area contributed by atoms with Gasteiger partial charge >= 0.3 is 6.03 Å². The lowest BCUT2D eigenvalue weighted by molar-refractivity contribution is 0.122. The van der Waals surface area contributed by atoms with E-state index in [1.165, 1.54) is 16.8 Å². The molecule has 26 heavy (non-hydrogen) atoms. The molecule has 2 amide bonds. The molecule has 0 aliphatic carbocycles. The number of carbonyl (C=O) groups is 1. The first kappa shape index (κ1) is 16.9. The smallest absolute Gasteiger partial charge is 0.322 e. The highest BCUT2D eigenvalue weighted by Gasteiger charge is 2.21. The van der Waals surface area contributed by atoms with Crippen molar-refractivity contribution in [2.24, 2.45) is 0 Å². The topological polar surface area (TPSA) is 44.8 Å². The number of nitrogens with one attached hydrogen (secondary N) is 1. The molecule has 136 valence electrons. The highest BCUT2D eigenvalue weighted by atomic mass is 16.5. The minimum absolute atomic E-state index is 0.0262. The molecule has 5 heteroatoms. The number of nitrogens with zero attached hydrogens (tertiary/aromatic N) is 2. The van der Waals surface area contributed by atoms with Crippen LogP contribution in [0.1, 0.15) is 16.7 Å². The molecule has 2 aliphatic heterocycles. The predicted molar refractivity (Wildman–Crippen MR) is 104 cm³/mol. The van der Waals surface area contributed by atoms with Crippen molar-refractivity contribution in [2.45, 2.75) is 19.9 Å². The number of amides is 2. The van der Waals surface area contributed by atoms with Gasteiger partial charge in [0.25, 0.3) is 0 Å². The SMILES string of the molecule is Cc1cc(N2CCOCC2)ccc1NC(=O)N1CCc2ccccc2C1. The van der Waals surface area contributed by atoms with Crippen molar-refractivity contribution in [3.63, 3.8) is 0 Å². The first-order chi connectivity index (χ1) is 12.7. The van der Waals surface area contributed by atoms with Crippen molar-refractivity contribution in [1.82, 2.24) is 4.90 Å². The molecule has 5 nitrogen and oxygen atoms in total. The van der Waals surface area contributed by atoms with E-state index in [9.17, 15) is 4.79 Å². The number of urea groups is 1. The van der Waals surface area contributed by atoms with E-state index in [-0.39, 0.29) is 6.03 Å². The number of aryl methyl sites for hydroxylation is 1. The lowest BCUT2D eigenvalue weighted by atomic mass is 10.0. The summed E-state index contributed by atoms with van der Waals surface area (Å²) in [6, 6.07) is 14.6. The summed E-state index contributed by atoms with van der Waals surface area (Å²) in [6.07, 6.45) is 0.915. The van der Waals surface area contributed by atoms with Crippen LogP contribution < -0.4 is 10.2 Å². The van der Waals surface area contributed by atoms with Crippen LogP contribution >= 0.6 is 0 Å². The minimum Gasteiger partial charge on any atom is -0.378 e. The van der Waals surface area contributed by atoms with E-state index in [0.717, 1.165) is 50.5 Å². The van der Waals surface area contributed by atoms with Gasteiger partial charge in [0.15, 0.2) is 0 Å². The van der Waals surface area contributed by atoms with Crippen LogP contribution in [0.4, 0.5) is 16.2 Å². The van der Waals surface area contributed by atoms with E-state index < -0.39 is 0 Å². The third kappa shape index (κ3) is 3.53. The summed E-state index contributed by atoms with van der Waals surface area (Å²) in [5.74, 6) is 0. The zero-order valence-corrected chi connectivity index (χ0v) is 15.2. The van der Waals surface area contributed by atoms with Crippen LogP contribution in [-0.2, 0) is 17.7 Å². The summed E-state index contributed by atoms with van der Waals surface area (Å²) in [6.45, 7) is 6.85. The number of hydrogen-bond acceptors (Lipinski definition) is 3. The normalized spacial score (nSPS) is 17.0. The number of ether oxygens (including phenoxy) is 1. The summed E-state index contributed by atoms with van der Waals surface area (Å²) < 4.78 is 5.42. The number of benzene rings is 2. The van der Waals surface area contributed by atoms with E-state index in [1.54, 1.807) is 0 Å². The van der Waals surface area contributed by atoms with Gasteiger partial charge in [-0.15, -0.1) is 0 Å². The van der Waals surface area contributed by atoms with Gasteiger partial charge in [-0.05, 0) is 48.2 Å². The Kier molecular flexibility index (Phi) is 4.80. The Morgan fingerprint density at radius 2 is 1.81 bits per heavy atom. The van der Waals surface area contributed by atoms with Crippen LogP contribution in [0.3, 0.4) is 0 Å². The predicted octanol–water partition coefficient (Wildman–Crippen LogP) is 3.42. The van der Waals surface area contributed by atoms with Crippen LogP contribution in [0.25, 0.3) is 0 Å². The fourth-order valence-corrected chi connectivity index (χ4v) is 3.67. The van der Waals surface area contributed by atoms with E-state index in [4.69, 9.17) is 4.74 Å². The van der Waals surface area contributed by atoms with Crippen molar-refractivity contribution in [2.75, 3.05) is 43.1 Å². The Morgan fingerprint density at radius 1 is 1.04 bits per heavy atom.